The third-order valence-electron chi connectivity index (χ3n) is 4.22. The van der Waals surface area contributed by atoms with Gasteiger partial charge in [0.05, 0.1) is 5.56 Å². The molecule has 2 aromatic carbocycles. The lowest BCUT2D eigenvalue weighted by Gasteiger charge is -2.20. The van der Waals surface area contributed by atoms with Crippen molar-refractivity contribution in [1.82, 2.24) is 5.32 Å². The highest BCUT2D eigenvalue weighted by Crippen LogP contribution is 2.15. The van der Waals surface area contributed by atoms with Crippen molar-refractivity contribution in [1.29, 1.82) is 0 Å². The largest absolute Gasteiger partial charge is 0.452 e. The molecule has 0 radical (unpaired) electrons. The maximum atomic E-state index is 12.1. The molecule has 5 nitrogen and oxygen atoms in total. The van der Waals surface area contributed by atoms with Crippen molar-refractivity contribution in [2.45, 2.75) is 20.3 Å². The maximum Gasteiger partial charge on any atom is 0.338 e. The lowest BCUT2D eigenvalue weighted by atomic mass is 10.1. The van der Waals surface area contributed by atoms with Crippen molar-refractivity contribution in [2.75, 3.05) is 31.1 Å². The molecule has 0 fully saturated rings. The molecule has 0 bridgehead atoms. The number of rotatable bonds is 9. The Labute approximate surface area is 165 Å². The zero-order valence-electron chi connectivity index (χ0n) is 15.7. The van der Waals surface area contributed by atoms with Gasteiger partial charge in [0, 0.05) is 30.3 Å². The molecule has 0 spiro atoms. The SMILES string of the molecule is CCN(CC)c1ccc(C(=O)OCC(=O)NCCc2ccc(Cl)cc2)cc1. The Bertz CT molecular complexity index is 741. The summed E-state index contributed by atoms with van der Waals surface area (Å²) < 4.78 is 5.08. The topological polar surface area (TPSA) is 58.6 Å². The number of halogens is 1. The summed E-state index contributed by atoms with van der Waals surface area (Å²) in [5.41, 5.74) is 2.56. The molecule has 0 aromatic heterocycles. The van der Waals surface area contributed by atoms with Gasteiger partial charge in [0.1, 0.15) is 0 Å². The van der Waals surface area contributed by atoms with Crippen molar-refractivity contribution < 1.29 is 14.3 Å². The van der Waals surface area contributed by atoms with Gasteiger partial charge < -0.3 is 15.0 Å². The number of amides is 1. The third kappa shape index (κ3) is 6.61. The van der Waals surface area contributed by atoms with Gasteiger partial charge in [0.2, 0.25) is 0 Å². The van der Waals surface area contributed by atoms with E-state index >= 15 is 0 Å². The standard InChI is InChI=1S/C21H25ClN2O3/c1-3-24(4-2)19-11-7-17(8-12-19)21(26)27-15-20(25)23-14-13-16-5-9-18(22)10-6-16/h5-12H,3-4,13-15H2,1-2H3,(H,23,25). The van der Waals surface area contributed by atoms with Gasteiger partial charge in [-0.1, -0.05) is 23.7 Å². The minimum Gasteiger partial charge on any atom is -0.452 e. The molecule has 1 N–H and O–H groups in total. The molecule has 0 heterocycles. The first-order valence-corrected chi connectivity index (χ1v) is 9.44. The van der Waals surface area contributed by atoms with Crippen LogP contribution in [-0.2, 0) is 16.0 Å². The highest BCUT2D eigenvalue weighted by Gasteiger charge is 2.11. The molecule has 0 unspecified atom stereocenters. The Hall–Kier alpha value is -2.53. The van der Waals surface area contributed by atoms with Crippen LogP contribution in [0, 0.1) is 0 Å². The molecule has 1 amide bonds. The molecule has 0 aliphatic heterocycles. The summed E-state index contributed by atoms with van der Waals surface area (Å²) in [4.78, 5) is 26.1. The Morgan fingerprint density at radius 2 is 1.63 bits per heavy atom. The normalized spacial score (nSPS) is 10.3. The second-order valence-corrected chi connectivity index (χ2v) is 6.46. The number of nitrogens with one attached hydrogen (secondary N) is 1. The van der Waals surface area contributed by atoms with Crippen molar-refractivity contribution in [3.8, 4) is 0 Å². The fraction of sp³-hybridized carbons (Fsp3) is 0.333. The molecule has 0 atom stereocenters. The Morgan fingerprint density at radius 3 is 2.22 bits per heavy atom. The predicted octanol–water partition coefficient (Wildman–Crippen LogP) is 3.70. The average molecular weight is 389 g/mol. The first-order chi connectivity index (χ1) is 13.0. The van der Waals surface area contributed by atoms with Crippen molar-refractivity contribution >= 4 is 29.2 Å². The molecule has 144 valence electrons. The van der Waals surface area contributed by atoms with E-state index in [1.54, 1.807) is 12.1 Å². The molecule has 0 aliphatic carbocycles. The number of benzene rings is 2. The number of esters is 1. The van der Waals surface area contributed by atoms with Crippen LogP contribution in [0.5, 0.6) is 0 Å². The number of ether oxygens (including phenoxy) is 1. The first kappa shape index (κ1) is 20.8. The minimum absolute atomic E-state index is 0.294. The fourth-order valence-corrected chi connectivity index (χ4v) is 2.79. The molecule has 2 aromatic rings. The van der Waals surface area contributed by atoms with Crippen LogP contribution in [-0.4, -0.2) is 38.1 Å². The highest BCUT2D eigenvalue weighted by molar-refractivity contribution is 6.30. The fourth-order valence-electron chi connectivity index (χ4n) is 2.66. The number of hydrogen-bond donors (Lipinski definition) is 1. The molecule has 2 rings (SSSR count). The van der Waals surface area contributed by atoms with E-state index < -0.39 is 5.97 Å². The number of carbonyl (C=O) groups excluding carboxylic acids is 2. The van der Waals surface area contributed by atoms with Crippen LogP contribution in [0.25, 0.3) is 0 Å². The molecular weight excluding hydrogens is 364 g/mol. The summed E-state index contributed by atoms with van der Waals surface area (Å²) >= 11 is 5.84. The molecular formula is C21H25ClN2O3. The first-order valence-electron chi connectivity index (χ1n) is 9.06. The molecule has 27 heavy (non-hydrogen) atoms. The number of nitrogens with zero attached hydrogens (tertiary/aromatic N) is 1. The van der Waals surface area contributed by atoms with Gasteiger partial charge >= 0.3 is 5.97 Å². The lowest BCUT2D eigenvalue weighted by molar-refractivity contribution is -0.124. The van der Waals surface area contributed by atoms with E-state index in [9.17, 15) is 9.59 Å². The van der Waals surface area contributed by atoms with Crippen LogP contribution in [0.15, 0.2) is 48.5 Å². The van der Waals surface area contributed by atoms with Gasteiger partial charge in [-0.05, 0) is 62.2 Å². The van der Waals surface area contributed by atoms with Gasteiger partial charge in [0.25, 0.3) is 5.91 Å². The van der Waals surface area contributed by atoms with E-state index in [4.69, 9.17) is 16.3 Å². The molecule has 0 saturated carbocycles. The third-order valence-corrected chi connectivity index (χ3v) is 4.47. The quantitative estimate of drug-likeness (QED) is 0.665. The Morgan fingerprint density at radius 1 is 1.00 bits per heavy atom. The lowest BCUT2D eigenvalue weighted by Crippen LogP contribution is -2.30. The summed E-state index contributed by atoms with van der Waals surface area (Å²) in [7, 11) is 0. The summed E-state index contributed by atoms with van der Waals surface area (Å²) in [6.07, 6.45) is 0.684. The summed E-state index contributed by atoms with van der Waals surface area (Å²) in [6, 6.07) is 14.7. The number of hydrogen-bond acceptors (Lipinski definition) is 4. The van der Waals surface area contributed by atoms with E-state index in [0.29, 0.717) is 23.6 Å². The van der Waals surface area contributed by atoms with E-state index in [1.165, 1.54) is 0 Å². The minimum atomic E-state index is -0.506. The second kappa shape index (κ2) is 10.6. The highest BCUT2D eigenvalue weighted by atomic mass is 35.5. The maximum absolute atomic E-state index is 12.1. The van der Waals surface area contributed by atoms with Crippen LogP contribution in [0.4, 0.5) is 5.69 Å². The van der Waals surface area contributed by atoms with E-state index in [2.05, 4.69) is 24.1 Å². The second-order valence-electron chi connectivity index (χ2n) is 6.02. The smallest absolute Gasteiger partial charge is 0.338 e. The Kier molecular flexibility index (Phi) is 8.14. The molecule has 0 aliphatic rings. The molecule has 6 heteroatoms. The summed E-state index contributed by atoms with van der Waals surface area (Å²) in [5.74, 6) is -0.828. The van der Waals surface area contributed by atoms with Gasteiger partial charge in [0.15, 0.2) is 6.61 Å². The van der Waals surface area contributed by atoms with E-state index in [0.717, 1.165) is 24.3 Å². The molecule has 0 saturated heterocycles. The van der Waals surface area contributed by atoms with Crippen molar-refractivity contribution in [3.05, 3.63) is 64.7 Å². The van der Waals surface area contributed by atoms with Gasteiger partial charge in [-0.2, -0.15) is 0 Å². The van der Waals surface area contributed by atoms with Crippen LogP contribution in [0.3, 0.4) is 0 Å². The van der Waals surface area contributed by atoms with Crippen LogP contribution < -0.4 is 10.2 Å². The Balaban J connectivity index is 1.74. The van der Waals surface area contributed by atoms with Gasteiger partial charge in [-0.3, -0.25) is 4.79 Å². The van der Waals surface area contributed by atoms with Gasteiger partial charge in [-0.15, -0.1) is 0 Å². The van der Waals surface area contributed by atoms with Crippen LogP contribution >= 0.6 is 11.6 Å². The van der Waals surface area contributed by atoms with Crippen LogP contribution in [0.2, 0.25) is 5.02 Å². The van der Waals surface area contributed by atoms with Crippen molar-refractivity contribution in [3.63, 3.8) is 0 Å². The zero-order chi connectivity index (χ0) is 19.6. The average Bonchev–Trinajstić information content (AvgIpc) is 2.69. The van der Waals surface area contributed by atoms with E-state index in [1.807, 2.05) is 36.4 Å². The number of anilines is 1. The van der Waals surface area contributed by atoms with E-state index in [-0.39, 0.29) is 12.5 Å². The summed E-state index contributed by atoms with van der Waals surface area (Å²) in [6.45, 7) is 6.13. The summed E-state index contributed by atoms with van der Waals surface area (Å²) in [5, 5.41) is 3.42. The monoisotopic (exact) mass is 388 g/mol. The predicted molar refractivity (Wildman–Crippen MR) is 108 cm³/mol. The number of carbonyl (C=O) groups is 2. The zero-order valence-corrected chi connectivity index (χ0v) is 16.5. The van der Waals surface area contributed by atoms with Crippen LogP contribution in [0.1, 0.15) is 29.8 Å². The van der Waals surface area contributed by atoms with Crippen molar-refractivity contribution in [2.24, 2.45) is 0 Å². The van der Waals surface area contributed by atoms with Gasteiger partial charge in [-0.25, -0.2) is 4.79 Å².